The molecule has 0 atom stereocenters. The van der Waals surface area contributed by atoms with E-state index < -0.39 is 0 Å². The maximum Gasteiger partial charge on any atom is 0.270 e. The maximum absolute atomic E-state index is 13.4. The first kappa shape index (κ1) is 21.0. The lowest BCUT2D eigenvalue weighted by molar-refractivity contribution is 0.104. The first-order valence-electron chi connectivity index (χ1n) is 11.1. The molecule has 168 valence electrons. The molecule has 0 amide bonds. The number of oxazole rings is 1. The minimum atomic E-state index is -0.269. The smallest absolute Gasteiger partial charge is 0.270 e. The molecule has 5 aromatic rings. The van der Waals surface area contributed by atoms with E-state index in [2.05, 4.69) is 9.83 Å². The summed E-state index contributed by atoms with van der Waals surface area (Å²) in [4.78, 5) is 26.2. The zero-order valence-corrected chi connectivity index (χ0v) is 18.7. The third-order valence-electron chi connectivity index (χ3n) is 5.97. The molecule has 0 N–H and O–H groups in total. The van der Waals surface area contributed by atoms with Crippen LogP contribution in [0, 0.1) is 17.9 Å². The van der Waals surface area contributed by atoms with Gasteiger partial charge in [-0.2, -0.15) is 9.97 Å². The number of benzene rings is 3. The van der Waals surface area contributed by atoms with Crippen LogP contribution >= 0.6 is 0 Å². The van der Waals surface area contributed by atoms with Crippen LogP contribution < -0.4 is 0 Å². The van der Waals surface area contributed by atoms with E-state index >= 15 is 0 Å². The predicted octanol–water partition coefficient (Wildman–Crippen LogP) is 6.11. The number of imidazole rings is 1. The van der Waals surface area contributed by atoms with Crippen LogP contribution in [0.15, 0.2) is 101 Å². The number of carbonyl (C=O) groups excluding carboxylic acids is 1. The van der Waals surface area contributed by atoms with Crippen molar-refractivity contribution < 1.29 is 9.21 Å². The number of Topliss-reactive ketones (excluding diaryl/α,β-unsaturated/α-hetero) is 1. The van der Waals surface area contributed by atoms with E-state index in [1.165, 1.54) is 0 Å². The molecule has 3 aromatic carbocycles. The minimum Gasteiger partial charge on any atom is -0.416 e. The highest BCUT2D eigenvalue weighted by Gasteiger charge is 2.33. The van der Waals surface area contributed by atoms with Crippen molar-refractivity contribution in [3.05, 3.63) is 125 Å². The van der Waals surface area contributed by atoms with Gasteiger partial charge in [0.05, 0.1) is 12.6 Å². The fourth-order valence-corrected chi connectivity index (χ4v) is 4.38. The third-order valence-corrected chi connectivity index (χ3v) is 5.97. The average Bonchev–Trinajstić information content (AvgIpc) is 3.57. The van der Waals surface area contributed by atoms with E-state index in [9.17, 15) is 10.1 Å². The van der Waals surface area contributed by atoms with Gasteiger partial charge in [0, 0.05) is 28.0 Å². The lowest BCUT2D eigenvalue weighted by Gasteiger charge is -2.07. The second-order valence-electron chi connectivity index (χ2n) is 8.03. The van der Waals surface area contributed by atoms with Gasteiger partial charge in [-0.15, -0.1) is 0 Å². The van der Waals surface area contributed by atoms with Crippen LogP contribution in [0.3, 0.4) is 0 Å². The van der Waals surface area contributed by atoms with Crippen LogP contribution in [-0.4, -0.2) is 20.3 Å². The molecule has 7 nitrogen and oxygen atoms in total. The van der Waals surface area contributed by atoms with Crippen molar-refractivity contribution in [3.8, 4) is 23.2 Å². The number of fused-ring (bicyclic) bond motifs is 2. The predicted molar refractivity (Wildman–Crippen MR) is 134 cm³/mol. The van der Waals surface area contributed by atoms with Gasteiger partial charge in [-0.25, -0.2) is 10.1 Å². The standard InChI is InChI=1S/C29H15N5O2/c1-31-23(17-30)25-20-14-8-9-15-21(20)26(35)22(25)16-24-32-29-27(34(24)19-12-6-3-7-13-19)33-28(36-29)18-10-4-2-5-11-18/h2-16H/b22-16-,25-23-. The molecule has 2 heterocycles. The lowest BCUT2D eigenvalue weighted by Crippen LogP contribution is -2.01. The lowest BCUT2D eigenvalue weighted by atomic mass is 10.0. The van der Waals surface area contributed by atoms with Crippen molar-refractivity contribution in [1.29, 1.82) is 5.26 Å². The zero-order valence-electron chi connectivity index (χ0n) is 18.7. The first-order valence-corrected chi connectivity index (χ1v) is 11.1. The van der Waals surface area contributed by atoms with E-state index in [-0.39, 0.29) is 17.1 Å². The fraction of sp³-hybridized carbons (Fsp3) is 0. The summed E-state index contributed by atoms with van der Waals surface area (Å²) in [7, 11) is 0. The molecule has 0 unspecified atom stereocenters. The number of allylic oxidation sites excluding steroid dienone is 3. The molecule has 0 saturated heterocycles. The topological polar surface area (TPSA) is 89.1 Å². The second kappa shape index (κ2) is 8.35. The van der Waals surface area contributed by atoms with Gasteiger partial charge in [-0.1, -0.05) is 60.7 Å². The number of nitrogens with zero attached hydrogens (tertiary/aromatic N) is 5. The van der Waals surface area contributed by atoms with Gasteiger partial charge in [-0.05, 0) is 35.9 Å². The highest BCUT2D eigenvalue weighted by Crippen LogP contribution is 2.40. The highest BCUT2D eigenvalue weighted by atomic mass is 16.4. The van der Waals surface area contributed by atoms with Crippen LogP contribution in [0.5, 0.6) is 0 Å². The molecule has 36 heavy (non-hydrogen) atoms. The van der Waals surface area contributed by atoms with E-state index in [0.29, 0.717) is 39.8 Å². The largest absolute Gasteiger partial charge is 0.416 e. The number of rotatable bonds is 3. The van der Waals surface area contributed by atoms with Crippen molar-refractivity contribution in [2.45, 2.75) is 0 Å². The minimum absolute atomic E-state index is 0.148. The van der Waals surface area contributed by atoms with Crippen molar-refractivity contribution in [2.75, 3.05) is 0 Å². The molecule has 7 heteroatoms. The van der Waals surface area contributed by atoms with Crippen molar-refractivity contribution >= 4 is 28.8 Å². The number of hydrogen-bond donors (Lipinski definition) is 0. The maximum atomic E-state index is 13.4. The fourth-order valence-electron chi connectivity index (χ4n) is 4.38. The monoisotopic (exact) mass is 465 g/mol. The second-order valence-corrected chi connectivity index (χ2v) is 8.03. The van der Waals surface area contributed by atoms with Crippen LogP contribution in [0.25, 0.3) is 45.0 Å². The summed E-state index contributed by atoms with van der Waals surface area (Å²) in [6.07, 6.45) is 1.60. The van der Waals surface area contributed by atoms with Crippen LogP contribution in [0.4, 0.5) is 0 Å². The van der Waals surface area contributed by atoms with Gasteiger partial charge in [0.25, 0.3) is 11.4 Å². The number of hydrogen-bond acceptors (Lipinski definition) is 5. The average molecular weight is 465 g/mol. The molecule has 1 aliphatic rings. The number of ketones is 1. The van der Waals surface area contributed by atoms with E-state index in [0.717, 1.165) is 11.3 Å². The Morgan fingerprint density at radius 3 is 2.31 bits per heavy atom. The van der Waals surface area contributed by atoms with Gasteiger partial charge < -0.3 is 4.42 Å². The van der Waals surface area contributed by atoms with Gasteiger partial charge in [-0.3, -0.25) is 9.36 Å². The first-order chi connectivity index (χ1) is 17.7. The summed E-state index contributed by atoms with van der Waals surface area (Å²) in [5.41, 5.74) is 3.80. The van der Waals surface area contributed by atoms with E-state index in [1.54, 1.807) is 34.9 Å². The highest BCUT2D eigenvalue weighted by molar-refractivity contribution is 6.29. The number of carbonyl (C=O) groups is 1. The molecule has 0 radical (unpaired) electrons. The molecular weight excluding hydrogens is 450 g/mol. The van der Waals surface area contributed by atoms with Gasteiger partial charge in [0.1, 0.15) is 5.82 Å². The summed E-state index contributed by atoms with van der Waals surface area (Å²) in [6, 6.07) is 27.9. The molecule has 6 rings (SSSR count). The Hall–Kier alpha value is -5.53. The quantitative estimate of drug-likeness (QED) is 0.182. The summed E-state index contributed by atoms with van der Waals surface area (Å²) in [5.74, 6) is 0.564. The molecule has 0 spiro atoms. The van der Waals surface area contributed by atoms with Crippen molar-refractivity contribution in [3.63, 3.8) is 0 Å². The van der Waals surface area contributed by atoms with E-state index in [1.807, 2.05) is 66.7 Å². The molecular formula is C29H15N5O2. The van der Waals surface area contributed by atoms with Crippen LogP contribution in [0.1, 0.15) is 21.7 Å². The van der Waals surface area contributed by atoms with Gasteiger partial charge in [0.2, 0.25) is 11.5 Å². The molecule has 2 aromatic heterocycles. The van der Waals surface area contributed by atoms with Gasteiger partial charge in [0.15, 0.2) is 5.78 Å². The Morgan fingerprint density at radius 1 is 0.944 bits per heavy atom. The summed E-state index contributed by atoms with van der Waals surface area (Å²) < 4.78 is 7.80. The molecule has 0 bridgehead atoms. The zero-order chi connectivity index (χ0) is 24.6. The molecule has 0 fully saturated rings. The van der Waals surface area contributed by atoms with Gasteiger partial charge >= 0.3 is 0 Å². The SMILES string of the molecule is [C-]#[N+]/C(C#N)=C1\C(=C\c2nc3oc(-c4ccccc4)nc3n2-c2ccccc2)C(=O)c2ccccc21. The van der Waals surface area contributed by atoms with E-state index in [4.69, 9.17) is 16.0 Å². The molecule has 0 aliphatic heterocycles. The number of para-hydroxylation sites is 1. The summed E-state index contributed by atoms with van der Waals surface area (Å²) in [6.45, 7) is 7.51. The van der Waals surface area contributed by atoms with Crippen LogP contribution in [-0.2, 0) is 0 Å². The Morgan fingerprint density at radius 2 is 1.61 bits per heavy atom. The normalized spacial score (nSPS) is 15.1. The Kier molecular flexibility index (Phi) is 4.88. The summed E-state index contributed by atoms with van der Waals surface area (Å²) in [5, 5.41) is 9.63. The number of aromatic nitrogens is 3. The number of nitriles is 1. The Bertz CT molecular complexity index is 1790. The Balaban J connectivity index is 1.61. The Labute approximate surface area is 205 Å². The van der Waals surface area contributed by atoms with Crippen molar-refractivity contribution in [1.82, 2.24) is 14.5 Å². The van der Waals surface area contributed by atoms with Crippen molar-refractivity contribution in [2.24, 2.45) is 0 Å². The molecule has 0 saturated carbocycles. The van der Waals surface area contributed by atoms with Crippen LogP contribution in [0.2, 0.25) is 0 Å². The summed E-state index contributed by atoms with van der Waals surface area (Å²) >= 11 is 0. The molecule has 1 aliphatic carbocycles. The third kappa shape index (κ3) is 3.24.